The lowest BCUT2D eigenvalue weighted by molar-refractivity contribution is 0.0383. The highest BCUT2D eigenvalue weighted by atomic mass is 35.5. The van der Waals surface area contributed by atoms with Gasteiger partial charge in [0.15, 0.2) is 0 Å². The number of esters is 1. The summed E-state index contributed by atoms with van der Waals surface area (Å²) in [7, 11) is 3.29. The largest absolute Gasteiger partial charge is 0.459 e. The van der Waals surface area contributed by atoms with Crippen molar-refractivity contribution >= 4 is 44.9 Å². The topological polar surface area (TPSA) is 73.8 Å². The maximum absolute atomic E-state index is 12.4. The molecule has 0 saturated heterocycles. The SMILES string of the molecule is COCCN(CCOC)c1nc(Cl)nc2sc(C(=O)OC(C)C)c(C)c12. The minimum absolute atomic E-state index is 0.136. The fourth-order valence-electron chi connectivity index (χ4n) is 2.51. The standard InChI is InChI=1S/C17H24ClN3O4S/c1-10(2)25-16(22)13-11(3)12-14(19-17(18)20-15(12)26-13)21(6-8-23-4)7-9-24-5/h10H,6-9H2,1-5H3. The predicted octanol–water partition coefficient (Wildman–Crippen LogP) is 3.32. The minimum Gasteiger partial charge on any atom is -0.459 e. The van der Waals surface area contributed by atoms with Crippen LogP contribution in [0.25, 0.3) is 10.2 Å². The van der Waals surface area contributed by atoms with Crippen molar-refractivity contribution < 1.29 is 19.0 Å². The normalized spacial score (nSPS) is 11.3. The predicted molar refractivity (Wildman–Crippen MR) is 104 cm³/mol. The zero-order valence-electron chi connectivity index (χ0n) is 15.7. The molecule has 2 heterocycles. The van der Waals surface area contributed by atoms with E-state index in [1.54, 1.807) is 14.2 Å². The number of hydrogen-bond acceptors (Lipinski definition) is 8. The number of halogens is 1. The first kappa shape index (κ1) is 20.8. The quantitative estimate of drug-likeness (QED) is 0.471. The summed E-state index contributed by atoms with van der Waals surface area (Å²) in [4.78, 5) is 24.3. The summed E-state index contributed by atoms with van der Waals surface area (Å²) in [5.74, 6) is 0.314. The van der Waals surface area contributed by atoms with Crippen molar-refractivity contribution in [1.29, 1.82) is 0 Å². The summed E-state index contributed by atoms with van der Waals surface area (Å²) in [5.41, 5.74) is 0.794. The number of hydrogen-bond donors (Lipinski definition) is 0. The molecule has 2 rings (SSSR count). The number of aromatic nitrogens is 2. The molecule has 144 valence electrons. The molecule has 0 fully saturated rings. The third-order valence-corrected chi connectivity index (χ3v) is 5.04. The Kier molecular flexibility index (Phi) is 7.57. The van der Waals surface area contributed by atoms with Crippen molar-refractivity contribution in [2.45, 2.75) is 26.9 Å². The van der Waals surface area contributed by atoms with Gasteiger partial charge in [-0.05, 0) is 37.9 Å². The number of carbonyl (C=O) groups excluding carboxylic acids is 1. The fraction of sp³-hybridized carbons (Fsp3) is 0.588. The molecule has 0 atom stereocenters. The van der Waals surface area contributed by atoms with Crippen LogP contribution in [0.3, 0.4) is 0 Å². The molecule has 2 aromatic heterocycles. The summed E-state index contributed by atoms with van der Waals surface area (Å²) in [6, 6.07) is 0. The van der Waals surface area contributed by atoms with E-state index >= 15 is 0 Å². The second kappa shape index (κ2) is 9.45. The van der Waals surface area contributed by atoms with Gasteiger partial charge in [0, 0.05) is 27.3 Å². The number of methoxy groups -OCH3 is 2. The Hall–Kier alpha value is -1.48. The van der Waals surface area contributed by atoms with Gasteiger partial charge in [0.05, 0.1) is 24.7 Å². The molecule has 2 aromatic rings. The van der Waals surface area contributed by atoms with Gasteiger partial charge in [0.2, 0.25) is 5.28 Å². The van der Waals surface area contributed by atoms with Crippen LogP contribution in [0.2, 0.25) is 5.28 Å². The van der Waals surface area contributed by atoms with Crippen molar-refractivity contribution in [3.05, 3.63) is 15.7 Å². The van der Waals surface area contributed by atoms with Crippen molar-refractivity contribution in [2.75, 3.05) is 45.4 Å². The molecule has 0 saturated carbocycles. The van der Waals surface area contributed by atoms with Crippen LogP contribution >= 0.6 is 22.9 Å². The average Bonchev–Trinajstić information content (AvgIpc) is 2.90. The lowest BCUT2D eigenvalue weighted by Gasteiger charge is -2.24. The van der Waals surface area contributed by atoms with E-state index in [0.29, 0.717) is 41.8 Å². The number of rotatable bonds is 9. The smallest absolute Gasteiger partial charge is 0.348 e. The van der Waals surface area contributed by atoms with Crippen LogP contribution in [0.15, 0.2) is 0 Å². The molecule has 0 unspecified atom stereocenters. The first-order chi connectivity index (χ1) is 12.4. The Morgan fingerprint density at radius 1 is 1.19 bits per heavy atom. The zero-order chi connectivity index (χ0) is 19.3. The molecule has 9 heteroatoms. The first-order valence-corrected chi connectivity index (χ1v) is 9.48. The highest BCUT2D eigenvalue weighted by Crippen LogP contribution is 2.36. The van der Waals surface area contributed by atoms with E-state index in [1.807, 2.05) is 25.7 Å². The maximum Gasteiger partial charge on any atom is 0.348 e. The van der Waals surface area contributed by atoms with Gasteiger partial charge in [-0.2, -0.15) is 4.98 Å². The van der Waals surface area contributed by atoms with Crippen LogP contribution in [0.1, 0.15) is 29.1 Å². The molecule has 0 aliphatic rings. The molecular weight excluding hydrogens is 378 g/mol. The number of ether oxygens (including phenoxy) is 3. The van der Waals surface area contributed by atoms with Crippen molar-refractivity contribution in [1.82, 2.24) is 9.97 Å². The molecule has 0 bridgehead atoms. The van der Waals surface area contributed by atoms with Crippen LogP contribution < -0.4 is 4.90 Å². The van der Waals surface area contributed by atoms with Gasteiger partial charge in [-0.25, -0.2) is 9.78 Å². The van der Waals surface area contributed by atoms with Gasteiger partial charge in [-0.15, -0.1) is 11.3 Å². The van der Waals surface area contributed by atoms with Gasteiger partial charge in [-0.1, -0.05) is 0 Å². The molecule has 0 aliphatic heterocycles. The summed E-state index contributed by atoms with van der Waals surface area (Å²) in [6.45, 7) is 7.80. The summed E-state index contributed by atoms with van der Waals surface area (Å²) >= 11 is 7.41. The molecule has 0 amide bonds. The van der Waals surface area contributed by atoms with Crippen LogP contribution in [0.5, 0.6) is 0 Å². The van der Waals surface area contributed by atoms with Gasteiger partial charge < -0.3 is 19.1 Å². The summed E-state index contributed by atoms with van der Waals surface area (Å²) in [6.07, 6.45) is -0.193. The monoisotopic (exact) mass is 401 g/mol. The minimum atomic E-state index is -0.358. The highest BCUT2D eigenvalue weighted by Gasteiger charge is 2.24. The molecule has 0 radical (unpaired) electrons. The number of aryl methyl sites for hydroxylation is 1. The number of fused-ring (bicyclic) bond motifs is 1. The number of nitrogens with zero attached hydrogens (tertiary/aromatic N) is 3. The lowest BCUT2D eigenvalue weighted by Crippen LogP contribution is -2.31. The summed E-state index contributed by atoms with van der Waals surface area (Å²) in [5, 5.41) is 0.944. The maximum atomic E-state index is 12.4. The van der Waals surface area contributed by atoms with Gasteiger partial charge in [0.1, 0.15) is 15.5 Å². The lowest BCUT2D eigenvalue weighted by atomic mass is 10.2. The Bertz CT molecular complexity index is 758. The second-order valence-corrected chi connectivity index (χ2v) is 7.32. The van der Waals surface area contributed by atoms with Crippen molar-refractivity contribution in [3.8, 4) is 0 Å². The second-order valence-electron chi connectivity index (χ2n) is 5.98. The van der Waals surface area contributed by atoms with E-state index in [1.165, 1.54) is 11.3 Å². The Morgan fingerprint density at radius 3 is 2.35 bits per heavy atom. The zero-order valence-corrected chi connectivity index (χ0v) is 17.2. The van der Waals surface area contributed by atoms with Crippen molar-refractivity contribution in [3.63, 3.8) is 0 Å². The number of anilines is 1. The number of thiophene rings is 1. The van der Waals surface area contributed by atoms with E-state index in [4.69, 9.17) is 25.8 Å². The number of carbonyl (C=O) groups is 1. The molecule has 0 aliphatic carbocycles. The molecule has 0 aromatic carbocycles. The molecule has 7 nitrogen and oxygen atoms in total. The third-order valence-electron chi connectivity index (χ3n) is 3.70. The van der Waals surface area contributed by atoms with Crippen LogP contribution in [0, 0.1) is 6.92 Å². The molecular formula is C17H24ClN3O4S. The van der Waals surface area contributed by atoms with E-state index < -0.39 is 0 Å². The molecule has 0 N–H and O–H groups in total. The van der Waals surface area contributed by atoms with Gasteiger partial charge in [-0.3, -0.25) is 0 Å². The Balaban J connectivity index is 2.53. The van der Waals surface area contributed by atoms with Crippen LogP contribution in [-0.2, 0) is 14.2 Å². The van der Waals surface area contributed by atoms with E-state index in [2.05, 4.69) is 9.97 Å². The first-order valence-electron chi connectivity index (χ1n) is 8.29. The fourth-order valence-corrected chi connectivity index (χ4v) is 3.78. The van der Waals surface area contributed by atoms with Gasteiger partial charge >= 0.3 is 5.97 Å². The van der Waals surface area contributed by atoms with Crippen molar-refractivity contribution in [2.24, 2.45) is 0 Å². The Morgan fingerprint density at radius 2 is 1.81 bits per heavy atom. The summed E-state index contributed by atoms with van der Waals surface area (Å²) < 4.78 is 15.7. The van der Waals surface area contributed by atoms with E-state index in [0.717, 1.165) is 10.9 Å². The molecule has 26 heavy (non-hydrogen) atoms. The van der Waals surface area contributed by atoms with Gasteiger partial charge in [0.25, 0.3) is 0 Å². The Labute approximate surface area is 162 Å². The van der Waals surface area contributed by atoms with Crippen LogP contribution in [0.4, 0.5) is 5.82 Å². The van der Waals surface area contributed by atoms with E-state index in [9.17, 15) is 4.79 Å². The van der Waals surface area contributed by atoms with Crippen LogP contribution in [-0.4, -0.2) is 62.6 Å². The third kappa shape index (κ3) is 4.82. The molecule has 0 spiro atoms. The van der Waals surface area contributed by atoms with E-state index in [-0.39, 0.29) is 17.4 Å². The average molecular weight is 402 g/mol. The highest BCUT2D eigenvalue weighted by molar-refractivity contribution is 7.20.